The molecule has 118 valence electrons. The van der Waals surface area contributed by atoms with Crippen LogP contribution >= 0.6 is 0 Å². The van der Waals surface area contributed by atoms with Crippen LogP contribution in [0.2, 0.25) is 0 Å². The van der Waals surface area contributed by atoms with Crippen molar-refractivity contribution in [3.05, 3.63) is 50.6 Å². The summed E-state index contributed by atoms with van der Waals surface area (Å²) in [5, 5.41) is 68.2. The summed E-state index contributed by atoms with van der Waals surface area (Å²) in [5.74, 6) is -5.20. The molecule has 0 fully saturated rings. The number of nitro groups is 4. The molecule has 0 radical (unpaired) electrons. The Bertz CT molecular complexity index is 500. The van der Waals surface area contributed by atoms with Crippen LogP contribution in [0.5, 0.6) is 0 Å². The monoisotopic (exact) mass is 317 g/mol. The van der Waals surface area contributed by atoms with E-state index in [2.05, 4.69) is 4.84 Å². The van der Waals surface area contributed by atoms with Crippen LogP contribution in [0.15, 0.2) is 0 Å². The standard InChI is InChI=1S/C3H3N5O13/c9-2(5(13)14,1(4(11)12)21-8(19)20)3(10,6(15)16)7(17)18/h1,9-10H. The topological polar surface area (TPSA) is 265 Å². The number of hydrogen-bond donors (Lipinski definition) is 2. The summed E-state index contributed by atoms with van der Waals surface area (Å²) in [6.45, 7) is 0. The number of nitrogens with zero attached hydrogens (tertiary/aromatic N) is 5. The van der Waals surface area contributed by atoms with Crippen LogP contribution in [0.25, 0.3) is 0 Å². The molecule has 2 atom stereocenters. The Morgan fingerprint density at radius 3 is 1.38 bits per heavy atom. The minimum absolute atomic E-state index is 2.08. The first-order valence-electron chi connectivity index (χ1n) is 4.16. The Morgan fingerprint density at radius 1 is 0.810 bits per heavy atom. The Hall–Kier alpha value is -3.28. The molecule has 0 aliphatic heterocycles. The van der Waals surface area contributed by atoms with E-state index in [0.717, 1.165) is 0 Å². The van der Waals surface area contributed by atoms with E-state index >= 15 is 0 Å². The van der Waals surface area contributed by atoms with E-state index in [1.807, 2.05) is 0 Å². The molecule has 0 saturated heterocycles. The molecule has 0 bridgehead atoms. The minimum atomic E-state index is -5.20. The number of rotatable bonds is 8. The molecular weight excluding hydrogens is 314 g/mol. The molecule has 0 rings (SSSR count). The first-order chi connectivity index (χ1) is 9.33. The smallest absolute Gasteiger partial charge is 0.309 e. The van der Waals surface area contributed by atoms with E-state index in [1.165, 1.54) is 0 Å². The number of aliphatic hydroxyl groups is 2. The van der Waals surface area contributed by atoms with E-state index in [1.54, 1.807) is 0 Å². The van der Waals surface area contributed by atoms with Crippen LogP contribution in [-0.4, -0.2) is 52.8 Å². The molecule has 21 heavy (non-hydrogen) atoms. The first kappa shape index (κ1) is 17.7. The Labute approximate surface area is 109 Å². The average Bonchev–Trinajstić information content (AvgIpc) is 2.32. The van der Waals surface area contributed by atoms with Crippen molar-refractivity contribution in [3.63, 3.8) is 0 Å². The zero-order valence-corrected chi connectivity index (χ0v) is 9.20. The van der Waals surface area contributed by atoms with Crippen LogP contribution in [0, 0.1) is 50.6 Å². The number of hydrogen-bond acceptors (Lipinski definition) is 13. The van der Waals surface area contributed by atoms with E-state index in [4.69, 9.17) is 5.11 Å². The summed E-state index contributed by atoms with van der Waals surface area (Å²) < 4.78 is 0. The maximum atomic E-state index is 10.6. The van der Waals surface area contributed by atoms with Gasteiger partial charge in [0.1, 0.15) is 9.85 Å². The van der Waals surface area contributed by atoms with Crippen LogP contribution in [0.4, 0.5) is 0 Å². The van der Waals surface area contributed by atoms with E-state index in [-0.39, 0.29) is 0 Å². The summed E-state index contributed by atoms with van der Waals surface area (Å²) >= 11 is 0. The molecule has 0 aromatic heterocycles. The maximum Gasteiger partial charge on any atom is 0.685 e. The van der Waals surface area contributed by atoms with Gasteiger partial charge in [0.15, 0.2) is 0 Å². The fourth-order valence-electron chi connectivity index (χ4n) is 1.05. The molecule has 0 aliphatic carbocycles. The molecule has 0 saturated carbocycles. The van der Waals surface area contributed by atoms with Crippen molar-refractivity contribution in [2.24, 2.45) is 0 Å². The maximum absolute atomic E-state index is 10.6. The minimum Gasteiger partial charge on any atom is -0.309 e. The zero-order valence-electron chi connectivity index (χ0n) is 9.20. The summed E-state index contributed by atoms with van der Waals surface area (Å²) in [6, 6.07) is 0. The largest absolute Gasteiger partial charge is 0.685 e. The lowest BCUT2D eigenvalue weighted by molar-refractivity contribution is -0.950. The van der Waals surface area contributed by atoms with Gasteiger partial charge < -0.3 is 5.11 Å². The second kappa shape index (κ2) is 5.38. The molecule has 2 unspecified atom stereocenters. The highest BCUT2D eigenvalue weighted by Gasteiger charge is 2.91. The second-order valence-corrected chi connectivity index (χ2v) is 3.10. The third kappa shape index (κ3) is 2.55. The van der Waals surface area contributed by atoms with Gasteiger partial charge in [-0.2, -0.15) is 0 Å². The third-order valence-electron chi connectivity index (χ3n) is 2.00. The first-order valence-corrected chi connectivity index (χ1v) is 4.16. The predicted octanol–water partition coefficient (Wildman–Crippen LogP) is -3.04. The molecule has 2 N–H and O–H groups in total. The molecule has 0 aromatic carbocycles. The summed E-state index contributed by atoms with van der Waals surface area (Å²) in [4.78, 5) is 45.4. The molecule has 0 aliphatic rings. The van der Waals surface area contributed by atoms with Gasteiger partial charge in [-0.15, -0.1) is 10.1 Å². The Morgan fingerprint density at radius 2 is 1.19 bits per heavy atom. The van der Waals surface area contributed by atoms with E-state index in [9.17, 15) is 55.7 Å². The lowest BCUT2D eigenvalue weighted by Crippen LogP contribution is -2.74. The van der Waals surface area contributed by atoms with Crippen molar-refractivity contribution in [2.45, 2.75) is 17.8 Å². The SMILES string of the molecule is O=[N+]([O-])OC([N+](=O)[O-])C(O)([N+](=O)[O-])C(O)([N+](=O)[O-])[N+](=O)[O-]. The normalized spacial score (nSPS) is 15.3. The molecule has 0 heterocycles. The fourth-order valence-corrected chi connectivity index (χ4v) is 1.05. The van der Waals surface area contributed by atoms with Crippen molar-refractivity contribution in [1.29, 1.82) is 0 Å². The van der Waals surface area contributed by atoms with Crippen LogP contribution in [0.3, 0.4) is 0 Å². The molecular formula is C3H3N5O13. The fraction of sp³-hybridized carbons (Fsp3) is 1.00. The highest BCUT2D eigenvalue weighted by molar-refractivity contribution is 4.79. The Kier molecular flexibility index (Phi) is 4.54. The quantitative estimate of drug-likeness (QED) is 0.256. The Balaban J connectivity index is 6.44. The summed E-state index contributed by atoms with van der Waals surface area (Å²) in [5.41, 5.74) is -5.11. The summed E-state index contributed by atoms with van der Waals surface area (Å²) in [7, 11) is 0. The van der Waals surface area contributed by atoms with Gasteiger partial charge in [0.2, 0.25) is 0 Å². The average molecular weight is 317 g/mol. The van der Waals surface area contributed by atoms with Crippen molar-refractivity contribution < 1.29 is 39.8 Å². The van der Waals surface area contributed by atoms with Gasteiger partial charge in [-0.1, -0.05) is 0 Å². The van der Waals surface area contributed by atoms with Crippen molar-refractivity contribution >= 4 is 0 Å². The van der Waals surface area contributed by atoms with Crippen LogP contribution in [0.1, 0.15) is 0 Å². The van der Waals surface area contributed by atoms with Gasteiger partial charge in [0, 0.05) is 0 Å². The van der Waals surface area contributed by atoms with Crippen LogP contribution in [-0.2, 0) is 4.84 Å². The van der Waals surface area contributed by atoms with Gasteiger partial charge >= 0.3 is 22.9 Å². The molecule has 18 nitrogen and oxygen atoms in total. The van der Waals surface area contributed by atoms with Crippen molar-refractivity contribution in [3.8, 4) is 0 Å². The third-order valence-corrected chi connectivity index (χ3v) is 2.00. The molecule has 18 heteroatoms. The van der Waals surface area contributed by atoms with E-state index in [0.29, 0.717) is 0 Å². The van der Waals surface area contributed by atoms with Crippen molar-refractivity contribution in [2.75, 3.05) is 0 Å². The predicted molar refractivity (Wildman–Crippen MR) is 49.7 cm³/mol. The zero-order chi connectivity index (χ0) is 17.2. The van der Waals surface area contributed by atoms with Gasteiger partial charge in [-0.05, 0) is 0 Å². The highest BCUT2D eigenvalue weighted by Crippen LogP contribution is 2.30. The highest BCUT2D eigenvalue weighted by atomic mass is 17.0. The summed E-state index contributed by atoms with van der Waals surface area (Å²) in [6.07, 6.45) is -3.97. The van der Waals surface area contributed by atoms with Crippen LogP contribution < -0.4 is 0 Å². The van der Waals surface area contributed by atoms with Gasteiger partial charge in [0.05, 0.1) is 9.85 Å². The molecule has 0 aromatic rings. The van der Waals surface area contributed by atoms with Gasteiger partial charge in [0.25, 0.3) is 0 Å². The molecule has 0 amide bonds. The van der Waals surface area contributed by atoms with Gasteiger partial charge in [-0.3, -0.25) is 45.6 Å². The second-order valence-electron chi connectivity index (χ2n) is 3.10. The lowest BCUT2D eigenvalue weighted by Gasteiger charge is -2.22. The van der Waals surface area contributed by atoms with E-state index < -0.39 is 42.6 Å². The molecule has 0 spiro atoms. The van der Waals surface area contributed by atoms with Crippen molar-refractivity contribution in [1.82, 2.24) is 0 Å². The van der Waals surface area contributed by atoms with Gasteiger partial charge in [-0.25, -0.2) is 4.84 Å². The lowest BCUT2D eigenvalue weighted by atomic mass is 10.1.